The second-order valence-corrected chi connectivity index (χ2v) is 7.01. The summed E-state index contributed by atoms with van der Waals surface area (Å²) in [5.41, 5.74) is 1.40. The van der Waals surface area contributed by atoms with Gasteiger partial charge in [0, 0.05) is 11.3 Å². The van der Waals surface area contributed by atoms with Crippen molar-refractivity contribution >= 4 is 17.6 Å². The summed E-state index contributed by atoms with van der Waals surface area (Å²) in [4.78, 5) is 24.8. The largest absolute Gasteiger partial charge is 0.461 e. The first-order chi connectivity index (χ1) is 16.0. The highest BCUT2D eigenvalue weighted by Gasteiger charge is 2.20. The third kappa shape index (κ3) is 4.64. The Morgan fingerprint density at radius 1 is 0.939 bits per heavy atom. The van der Waals surface area contributed by atoms with E-state index < -0.39 is 23.5 Å². The molecule has 1 N–H and O–H groups in total. The second kappa shape index (κ2) is 9.44. The number of amides is 1. The molecule has 1 heterocycles. The number of halogens is 2. The van der Waals surface area contributed by atoms with Gasteiger partial charge in [-0.3, -0.25) is 4.79 Å². The number of esters is 1. The number of ether oxygens (including phenoxy) is 1. The van der Waals surface area contributed by atoms with Gasteiger partial charge in [0.1, 0.15) is 17.3 Å². The highest BCUT2D eigenvalue weighted by molar-refractivity contribution is 6.04. The summed E-state index contributed by atoms with van der Waals surface area (Å²) in [6.07, 6.45) is 0. The van der Waals surface area contributed by atoms with E-state index in [9.17, 15) is 18.4 Å². The number of carbonyl (C=O) groups is 2. The molecule has 0 unspecified atom stereocenters. The fraction of sp³-hybridized carbons (Fsp3) is 0.0800. The molecule has 0 aliphatic heterocycles. The Hall–Kier alpha value is -4.33. The van der Waals surface area contributed by atoms with E-state index in [1.54, 1.807) is 49.4 Å². The van der Waals surface area contributed by atoms with Gasteiger partial charge in [-0.05, 0) is 49.4 Å². The standard InChI is InChI=1S/C25H19F2N3O3/c1-2-33-25(32)21-15-23(30(29-21)22-13-6-5-12-20(22)27)16-8-7-9-17(14-16)28-24(31)18-10-3-4-11-19(18)26/h3-15H,2H2,1H3,(H,28,31). The van der Waals surface area contributed by atoms with E-state index in [1.165, 1.54) is 41.1 Å². The van der Waals surface area contributed by atoms with Crippen LogP contribution in [0.4, 0.5) is 14.5 Å². The minimum atomic E-state index is -0.641. The van der Waals surface area contributed by atoms with Crippen LogP contribution in [0, 0.1) is 11.6 Å². The van der Waals surface area contributed by atoms with Gasteiger partial charge in [0.2, 0.25) is 0 Å². The molecule has 0 aliphatic carbocycles. The lowest BCUT2D eigenvalue weighted by Gasteiger charge is -2.11. The Balaban J connectivity index is 1.74. The molecular formula is C25H19F2N3O3. The lowest BCUT2D eigenvalue weighted by molar-refractivity contribution is 0.0518. The molecule has 0 spiro atoms. The van der Waals surface area contributed by atoms with Crippen LogP contribution in [0.1, 0.15) is 27.8 Å². The van der Waals surface area contributed by atoms with Crippen molar-refractivity contribution in [2.24, 2.45) is 0 Å². The average Bonchev–Trinajstić information content (AvgIpc) is 3.25. The van der Waals surface area contributed by atoms with Crippen LogP contribution in [0.2, 0.25) is 0 Å². The normalized spacial score (nSPS) is 10.6. The molecule has 166 valence electrons. The van der Waals surface area contributed by atoms with Crippen LogP contribution in [0.5, 0.6) is 0 Å². The molecule has 0 bridgehead atoms. The highest BCUT2D eigenvalue weighted by atomic mass is 19.1. The molecule has 8 heteroatoms. The Bertz CT molecular complexity index is 1330. The minimum absolute atomic E-state index is 0.0101. The number of hydrogen-bond acceptors (Lipinski definition) is 4. The van der Waals surface area contributed by atoms with Crippen molar-refractivity contribution in [3.63, 3.8) is 0 Å². The molecule has 0 radical (unpaired) electrons. The number of nitrogens with zero attached hydrogens (tertiary/aromatic N) is 2. The fourth-order valence-electron chi connectivity index (χ4n) is 3.30. The SMILES string of the molecule is CCOC(=O)c1cc(-c2cccc(NC(=O)c3ccccc3F)c2)n(-c2ccccc2F)n1. The predicted molar refractivity (Wildman–Crippen MR) is 119 cm³/mol. The fourth-order valence-corrected chi connectivity index (χ4v) is 3.30. The van der Waals surface area contributed by atoms with Crippen LogP contribution in [0.15, 0.2) is 78.9 Å². The van der Waals surface area contributed by atoms with Crippen LogP contribution >= 0.6 is 0 Å². The third-order valence-corrected chi connectivity index (χ3v) is 4.81. The number of hydrogen-bond donors (Lipinski definition) is 1. The number of benzene rings is 3. The molecule has 6 nitrogen and oxygen atoms in total. The zero-order valence-corrected chi connectivity index (χ0v) is 17.6. The molecule has 0 atom stereocenters. The van der Waals surface area contributed by atoms with E-state index >= 15 is 0 Å². The third-order valence-electron chi connectivity index (χ3n) is 4.81. The molecule has 0 aliphatic rings. The van der Waals surface area contributed by atoms with Gasteiger partial charge in [-0.15, -0.1) is 0 Å². The van der Waals surface area contributed by atoms with Gasteiger partial charge in [-0.2, -0.15) is 5.10 Å². The van der Waals surface area contributed by atoms with Gasteiger partial charge in [0.25, 0.3) is 5.91 Å². The Labute approximate surface area is 188 Å². The van der Waals surface area contributed by atoms with Crippen LogP contribution in [0.3, 0.4) is 0 Å². The quantitative estimate of drug-likeness (QED) is 0.410. The van der Waals surface area contributed by atoms with Crippen molar-refractivity contribution in [2.45, 2.75) is 6.92 Å². The summed E-state index contributed by atoms with van der Waals surface area (Å²) in [6.45, 7) is 1.84. The number of rotatable bonds is 6. The summed E-state index contributed by atoms with van der Waals surface area (Å²) in [7, 11) is 0. The maximum absolute atomic E-state index is 14.5. The molecule has 4 aromatic rings. The zero-order valence-electron chi connectivity index (χ0n) is 17.6. The molecule has 33 heavy (non-hydrogen) atoms. The van der Waals surface area contributed by atoms with Crippen molar-refractivity contribution < 1.29 is 23.1 Å². The number of aromatic nitrogens is 2. The van der Waals surface area contributed by atoms with Crippen molar-refractivity contribution in [3.05, 3.63) is 102 Å². The van der Waals surface area contributed by atoms with Gasteiger partial charge in [-0.1, -0.05) is 36.4 Å². The topological polar surface area (TPSA) is 73.2 Å². The van der Waals surface area contributed by atoms with Crippen LogP contribution < -0.4 is 5.32 Å². The minimum Gasteiger partial charge on any atom is -0.461 e. The number of carbonyl (C=O) groups excluding carboxylic acids is 2. The van der Waals surface area contributed by atoms with Gasteiger partial charge in [-0.25, -0.2) is 18.3 Å². The monoisotopic (exact) mass is 447 g/mol. The summed E-state index contributed by atoms with van der Waals surface area (Å²) < 4.78 is 34.8. The molecule has 3 aromatic carbocycles. The van der Waals surface area contributed by atoms with Crippen LogP contribution in [-0.4, -0.2) is 28.3 Å². The van der Waals surface area contributed by atoms with Crippen molar-refractivity contribution in [2.75, 3.05) is 11.9 Å². The summed E-state index contributed by atoms with van der Waals surface area (Å²) in [5.74, 6) is -2.41. The second-order valence-electron chi connectivity index (χ2n) is 7.01. The lowest BCUT2D eigenvalue weighted by atomic mass is 10.1. The van der Waals surface area contributed by atoms with Gasteiger partial charge in [0.15, 0.2) is 5.69 Å². The van der Waals surface area contributed by atoms with E-state index in [0.29, 0.717) is 16.9 Å². The average molecular weight is 447 g/mol. The van der Waals surface area contributed by atoms with E-state index in [-0.39, 0.29) is 23.6 Å². The maximum atomic E-state index is 14.5. The Morgan fingerprint density at radius 3 is 2.39 bits per heavy atom. The molecule has 1 aromatic heterocycles. The highest BCUT2D eigenvalue weighted by Crippen LogP contribution is 2.28. The zero-order chi connectivity index (χ0) is 23.4. The van der Waals surface area contributed by atoms with Gasteiger partial charge in [0.05, 0.1) is 17.9 Å². The van der Waals surface area contributed by atoms with E-state index in [2.05, 4.69) is 10.4 Å². The summed E-state index contributed by atoms with van der Waals surface area (Å²) in [6, 6.07) is 19.8. The first-order valence-corrected chi connectivity index (χ1v) is 10.2. The maximum Gasteiger partial charge on any atom is 0.358 e. The van der Waals surface area contributed by atoms with Crippen molar-refractivity contribution in [3.8, 4) is 16.9 Å². The van der Waals surface area contributed by atoms with E-state index in [0.717, 1.165) is 0 Å². The van der Waals surface area contributed by atoms with E-state index in [1.807, 2.05) is 0 Å². The molecule has 0 fully saturated rings. The number of anilines is 1. The van der Waals surface area contributed by atoms with Crippen molar-refractivity contribution in [1.82, 2.24) is 9.78 Å². The molecule has 0 saturated heterocycles. The molecular weight excluding hydrogens is 428 g/mol. The first kappa shape index (κ1) is 21.9. The first-order valence-electron chi connectivity index (χ1n) is 10.2. The predicted octanol–water partition coefficient (Wildman–Crippen LogP) is 5.25. The van der Waals surface area contributed by atoms with Crippen LogP contribution in [0.25, 0.3) is 16.9 Å². The van der Waals surface area contributed by atoms with Gasteiger partial charge >= 0.3 is 5.97 Å². The van der Waals surface area contributed by atoms with E-state index in [4.69, 9.17) is 4.74 Å². The number of para-hydroxylation sites is 1. The summed E-state index contributed by atoms with van der Waals surface area (Å²) >= 11 is 0. The Morgan fingerprint density at radius 2 is 1.67 bits per heavy atom. The van der Waals surface area contributed by atoms with Crippen LogP contribution in [-0.2, 0) is 4.74 Å². The Kier molecular flexibility index (Phi) is 6.26. The lowest BCUT2D eigenvalue weighted by Crippen LogP contribution is -2.13. The molecule has 0 saturated carbocycles. The van der Waals surface area contributed by atoms with Gasteiger partial charge < -0.3 is 10.1 Å². The number of nitrogens with one attached hydrogen (secondary N) is 1. The smallest absolute Gasteiger partial charge is 0.358 e. The molecule has 1 amide bonds. The van der Waals surface area contributed by atoms with Crippen molar-refractivity contribution in [1.29, 1.82) is 0 Å². The molecule has 4 rings (SSSR count). The summed E-state index contributed by atoms with van der Waals surface area (Å²) in [5, 5.41) is 6.91.